The summed E-state index contributed by atoms with van der Waals surface area (Å²) in [7, 11) is 3.12. The molecule has 1 aromatic carbocycles. The molecular weight excluding hydrogens is 448 g/mol. The number of aromatic nitrogens is 4. The number of nitrogens with one attached hydrogen (secondary N) is 3. The lowest BCUT2D eigenvalue weighted by atomic mass is 10.1. The Bertz CT molecular complexity index is 1380. The largest absolute Gasteiger partial charge is 0.495 e. The van der Waals surface area contributed by atoms with Gasteiger partial charge < -0.3 is 29.8 Å². The summed E-state index contributed by atoms with van der Waals surface area (Å²) in [6, 6.07) is 9.07. The van der Waals surface area contributed by atoms with Gasteiger partial charge in [-0.3, -0.25) is 9.78 Å². The van der Waals surface area contributed by atoms with Gasteiger partial charge in [0.25, 0.3) is 5.91 Å². The number of fused-ring (bicyclic) bond motifs is 1. The molecule has 1 saturated heterocycles. The van der Waals surface area contributed by atoms with Crippen molar-refractivity contribution in [3.8, 4) is 22.8 Å². The minimum absolute atomic E-state index is 0.0933. The monoisotopic (exact) mass is 474 g/mol. The second-order valence-electron chi connectivity index (χ2n) is 8.19. The zero-order chi connectivity index (χ0) is 24.4. The van der Waals surface area contributed by atoms with Crippen molar-refractivity contribution in [3.05, 3.63) is 54.0 Å². The van der Waals surface area contributed by atoms with Gasteiger partial charge in [0.2, 0.25) is 11.8 Å². The van der Waals surface area contributed by atoms with Crippen LogP contribution in [0.5, 0.6) is 11.6 Å². The molecule has 180 valence electrons. The summed E-state index contributed by atoms with van der Waals surface area (Å²) in [4.78, 5) is 29.0. The third-order valence-electron chi connectivity index (χ3n) is 5.81. The normalized spacial score (nSPS) is 15.2. The summed E-state index contributed by atoms with van der Waals surface area (Å²) in [6.45, 7) is 3.12. The SMILES string of the molecule is CNC(=O)c1ccc(Nc2nc(OC3CCOC3)c3c(-c4ccnc(C)c4)c[nH]c3n2)c(OC)c1. The summed E-state index contributed by atoms with van der Waals surface area (Å²) in [5, 5.41) is 6.60. The molecule has 10 nitrogen and oxygen atoms in total. The Hall–Kier alpha value is -4.18. The maximum absolute atomic E-state index is 12.0. The summed E-state index contributed by atoms with van der Waals surface area (Å²) in [6.07, 6.45) is 4.37. The van der Waals surface area contributed by atoms with Crippen LogP contribution in [0.15, 0.2) is 42.7 Å². The summed E-state index contributed by atoms with van der Waals surface area (Å²) in [5.74, 6) is 1.07. The van der Waals surface area contributed by atoms with Gasteiger partial charge in [-0.25, -0.2) is 0 Å². The predicted molar refractivity (Wildman–Crippen MR) is 131 cm³/mol. The number of pyridine rings is 1. The zero-order valence-corrected chi connectivity index (χ0v) is 19.7. The zero-order valence-electron chi connectivity index (χ0n) is 19.7. The van der Waals surface area contributed by atoms with Crippen LogP contribution >= 0.6 is 0 Å². The first kappa shape index (κ1) is 22.6. The molecule has 1 atom stereocenters. The number of hydrogen-bond acceptors (Lipinski definition) is 8. The van der Waals surface area contributed by atoms with Gasteiger partial charge in [0, 0.05) is 42.7 Å². The van der Waals surface area contributed by atoms with E-state index in [9.17, 15) is 4.79 Å². The van der Waals surface area contributed by atoms with E-state index in [0.717, 1.165) is 28.6 Å². The topological polar surface area (TPSA) is 123 Å². The highest BCUT2D eigenvalue weighted by atomic mass is 16.5. The lowest BCUT2D eigenvalue weighted by Crippen LogP contribution is -2.18. The molecule has 3 aromatic heterocycles. The van der Waals surface area contributed by atoms with Gasteiger partial charge in [0.15, 0.2) is 0 Å². The quantitative estimate of drug-likeness (QED) is 0.371. The first-order valence-electron chi connectivity index (χ1n) is 11.3. The molecule has 0 aliphatic carbocycles. The molecule has 0 radical (unpaired) electrons. The van der Waals surface area contributed by atoms with Crippen molar-refractivity contribution in [1.29, 1.82) is 0 Å². The number of methoxy groups -OCH3 is 1. The predicted octanol–water partition coefficient (Wildman–Crippen LogP) is 3.61. The Labute approximate surface area is 202 Å². The van der Waals surface area contributed by atoms with E-state index in [-0.39, 0.29) is 12.0 Å². The van der Waals surface area contributed by atoms with Crippen LogP contribution in [0.2, 0.25) is 0 Å². The fourth-order valence-corrected chi connectivity index (χ4v) is 4.05. The van der Waals surface area contributed by atoms with Crippen molar-refractivity contribution in [3.63, 3.8) is 0 Å². The number of carbonyl (C=O) groups is 1. The molecule has 0 saturated carbocycles. The molecule has 35 heavy (non-hydrogen) atoms. The van der Waals surface area contributed by atoms with Gasteiger partial charge in [-0.1, -0.05) is 0 Å². The number of hydrogen-bond donors (Lipinski definition) is 3. The van der Waals surface area contributed by atoms with Crippen molar-refractivity contribution < 1.29 is 19.0 Å². The van der Waals surface area contributed by atoms with E-state index in [4.69, 9.17) is 19.2 Å². The Morgan fingerprint density at radius 1 is 1.23 bits per heavy atom. The number of benzene rings is 1. The van der Waals surface area contributed by atoms with E-state index in [1.54, 1.807) is 38.6 Å². The molecule has 1 aliphatic rings. The Kier molecular flexibility index (Phi) is 6.19. The summed E-state index contributed by atoms with van der Waals surface area (Å²) >= 11 is 0. The second-order valence-corrected chi connectivity index (χ2v) is 8.19. The summed E-state index contributed by atoms with van der Waals surface area (Å²) < 4.78 is 17.3. The number of aryl methyl sites for hydroxylation is 1. The van der Waals surface area contributed by atoms with E-state index in [1.165, 1.54) is 0 Å². The lowest BCUT2D eigenvalue weighted by Gasteiger charge is -2.15. The minimum Gasteiger partial charge on any atom is -0.495 e. The van der Waals surface area contributed by atoms with Crippen LogP contribution in [-0.4, -0.2) is 59.3 Å². The molecular formula is C25H26N6O4. The standard InChI is InChI=1S/C25H26N6O4/c1-14-10-15(6-8-27-14)18-12-28-22-21(18)24(35-17-7-9-34-13-17)31-25(30-22)29-19-5-4-16(23(32)26-2)11-20(19)33-3/h4-6,8,10-12,17H,7,9,13H2,1-3H3,(H,26,32)(H2,28,29,30,31). The fourth-order valence-electron chi connectivity index (χ4n) is 4.05. The van der Waals surface area contributed by atoms with E-state index in [0.29, 0.717) is 47.7 Å². The van der Waals surface area contributed by atoms with E-state index in [2.05, 4.69) is 25.6 Å². The maximum atomic E-state index is 12.0. The van der Waals surface area contributed by atoms with Crippen LogP contribution < -0.4 is 20.1 Å². The van der Waals surface area contributed by atoms with Crippen LogP contribution in [0.25, 0.3) is 22.2 Å². The van der Waals surface area contributed by atoms with Gasteiger partial charge in [-0.2, -0.15) is 9.97 Å². The highest BCUT2D eigenvalue weighted by Crippen LogP contribution is 2.36. The smallest absolute Gasteiger partial charge is 0.251 e. The number of rotatable bonds is 7. The average Bonchev–Trinajstić information content (AvgIpc) is 3.54. The first-order valence-corrected chi connectivity index (χ1v) is 11.3. The van der Waals surface area contributed by atoms with Crippen LogP contribution in [-0.2, 0) is 4.74 Å². The Balaban J connectivity index is 1.56. The number of amides is 1. The van der Waals surface area contributed by atoms with Gasteiger partial charge in [-0.15, -0.1) is 0 Å². The van der Waals surface area contributed by atoms with Crippen molar-refractivity contribution in [2.75, 3.05) is 32.7 Å². The highest BCUT2D eigenvalue weighted by Gasteiger charge is 2.23. The molecule has 1 aliphatic heterocycles. The average molecular weight is 475 g/mol. The molecule has 3 N–H and O–H groups in total. The van der Waals surface area contributed by atoms with E-state index < -0.39 is 0 Å². The molecule has 10 heteroatoms. The van der Waals surface area contributed by atoms with Crippen LogP contribution in [0, 0.1) is 6.92 Å². The maximum Gasteiger partial charge on any atom is 0.251 e. The first-order chi connectivity index (χ1) is 17.1. The lowest BCUT2D eigenvalue weighted by molar-refractivity contribution is 0.0962. The highest BCUT2D eigenvalue weighted by molar-refractivity contribution is 5.98. The number of ether oxygens (including phenoxy) is 3. The van der Waals surface area contributed by atoms with Gasteiger partial charge in [0.1, 0.15) is 17.5 Å². The Morgan fingerprint density at radius 2 is 2.11 bits per heavy atom. The molecule has 4 aromatic rings. The molecule has 1 unspecified atom stereocenters. The third-order valence-corrected chi connectivity index (χ3v) is 5.81. The second kappa shape index (κ2) is 9.59. The van der Waals surface area contributed by atoms with Crippen LogP contribution in [0.4, 0.5) is 11.6 Å². The van der Waals surface area contributed by atoms with Crippen LogP contribution in [0.3, 0.4) is 0 Å². The molecule has 5 rings (SSSR count). The number of nitrogens with zero attached hydrogens (tertiary/aromatic N) is 3. The van der Waals surface area contributed by atoms with Crippen molar-refractivity contribution in [1.82, 2.24) is 25.3 Å². The molecule has 4 heterocycles. The molecule has 1 amide bonds. The van der Waals surface area contributed by atoms with E-state index >= 15 is 0 Å². The Morgan fingerprint density at radius 3 is 2.86 bits per heavy atom. The minimum atomic E-state index is -0.202. The van der Waals surface area contributed by atoms with Crippen molar-refractivity contribution in [2.45, 2.75) is 19.4 Å². The summed E-state index contributed by atoms with van der Waals surface area (Å²) in [5.41, 5.74) is 4.56. The fraction of sp³-hybridized carbons (Fsp3) is 0.280. The third kappa shape index (κ3) is 4.60. The van der Waals surface area contributed by atoms with Crippen molar-refractivity contribution in [2.24, 2.45) is 0 Å². The number of anilines is 2. The van der Waals surface area contributed by atoms with Gasteiger partial charge in [0.05, 0.1) is 31.4 Å². The molecule has 0 bridgehead atoms. The number of carbonyl (C=O) groups excluding carboxylic acids is 1. The molecule has 0 spiro atoms. The van der Waals surface area contributed by atoms with Gasteiger partial charge in [-0.05, 0) is 42.8 Å². The molecule has 1 fully saturated rings. The van der Waals surface area contributed by atoms with Gasteiger partial charge >= 0.3 is 0 Å². The number of aromatic amines is 1. The van der Waals surface area contributed by atoms with Crippen molar-refractivity contribution >= 4 is 28.6 Å². The number of H-pyrrole nitrogens is 1. The van der Waals surface area contributed by atoms with E-state index in [1.807, 2.05) is 25.3 Å². The van der Waals surface area contributed by atoms with Crippen LogP contribution in [0.1, 0.15) is 22.5 Å².